The summed E-state index contributed by atoms with van der Waals surface area (Å²) in [6.07, 6.45) is 16.4. The Morgan fingerprint density at radius 2 is 1.29 bits per heavy atom. The van der Waals surface area contributed by atoms with E-state index in [9.17, 15) is 9.90 Å². The second-order valence-corrected chi connectivity index (χ2v) is 8.14. The summed E-state index contributed by atoms with van der Waals surface area (Å²) in [5, 5.41) is 12.0. The van der Waals surface area contributed by atoms with Crippen molar-refractivity contribution in [2.24, 2.45) is 0 Å². The zero-order valence-corrected chi connectivity index (χ0v) is 17.7. The van der Waals surface area contributed by atoms with Crippen molar-refractivity contribution >= 4 is 16.7 Å². The van der Waals surface area contributed by atoms with Crippen LogP contribution in [-0.4, -0.2) is 11.1 Å². The van der Waals surface area contributed by atoms with Gasteiger partial charge in [-0.15, -0.1) is 0 Å². The minimum atomic E-state index is -0.695. The molecule has 1 atom stereocenters. The molecule has 0 radical (unpaired) electrons. The van der Waals surface area contributed by atoms with Crippen molar-refractivity contribution in [2.45, 2.75) is 96.3 Å². The third-order valence-corrected chi connectivity index (χ3v) is 5.84. The summed E-state index contributed by atoms with van der Waals surface area (Å²) in [6.45, 7) is 2.26. The molecule has 0 amide bonds. The molecular formula is C26H38O2. The number of hydrogen-bond acceptors (Lipinski definition) is 1. The average molecular weight is 383 g/mol. The number of benzene rings is 2. The molecule has 2 aromatic carbocycles. The highest BCUT2D eigenvalue weighted by molar-refractivity contribution is 5.90. The Morgan fingerprint density at radius 1 is 0.750 bits per heavy atom. The molecule has 2 nitrogen and oxygen atoms in total. The molecule has 0 fully saturated rings. The van der Waals surface area contributed by atoms with E-state index in [0.717, 1.165) is 35.6 Å². The van der Waals surface area contributed by atoms with Gasteiger partial charge in [0.15, 0.2) is 0 Å². The molecule has 154 valence electrons. The molecule has 0 saturated carbocycles. The van der Waals surface area contributed by atoms with Gasteiger partial charge in [0.1, 0.15) is 0 Å². The topological polar surface area (TPSA) is 37.3 Å². The number of rotatable bonds is 15. The fourth-order valence-electron chi connectivity index (χ4n) is 4.16. The van der Waals surface area contributed by atoms with E-state index in [0.29, 0.717) is 0 Å². The number of fused-ring (bicyclic) bond motifs is 1. The Bertz CT molecular complexity index is 686. The Kier molecular flexibility index (Phi) is 10.7. The molecule has 0 aliphatic heterocycles. The summed E-state index contributed by atoms with van der Waals surface area (Å²) in [6, 6.07) is 14.1. The van der Waals surface area contributed by atoms with Crippen LogP contribution < -0.4 is 0 Å². The highest BCUT2D eigenvalue weighted by Crippen LogP contribution is 2.30. The number of unbranched alkanes of at least 4 members (excludes halogenated alkanes) is 11. The van der Waals surface area contributed by atoms with Crippen LogP contribution in [0.5, 0.6) is 0 Å². The quantitative estimate of drug-likeness (QED) is 0.316. The first-order valence-corrected chi connectivity index (χ1v) is 11.4. The van der Waals surface area contributed by atoms with Gasteiger partial charge in [-0.1, -0.05) is 126 Å². The number of carbonyl (C=O) groups is 1. The first-order chi connectivity index (χ1) is 13.7. The number of carboxylic acid groups (broad SMARTS) is 1. The van der Waals surface area contributed by atoms with Gasteiger partial charge < -0.3 is 5.11 Å². The fourth-order valence-corrected chi connectivity index (χ4v) is 4.16. The van der Waals surface area contributed by atoms with Crippen LogP contribution in [0.4, 0.5) is 0 Å². The van der Waals surface area contributed by atoms with Crippen LogP contribution in [0.15, 0.2) is 42.5 Å². The largest absolute Gasteiger partial charge is 0.481 e. The van der Waals surface area contributed by atoms with Gasteiger partial charge in [0, 0.05) is 0 Å². The molecule has 0 aliphatic rings. The zero-order chi connectivity index (χ0) is 20.0. The molecular weight excluding hydrogens is 344 g/mol. The maximum atomic E-state index is 11.9. The van der Waals surface area contributed by atoms with E-state index in [1.807, 2.05) is 30.3 Å². The Hall–Kier alpha value is -1.83. The monoisotopic (exact) mass is 382 g/mol. The van der Waals surface area contributed by atoms with Crippen LogP contribution in [-0.2, 0) is 4.79 Å². The van der Waals surface area contributed by atoms with Crippen LogP contribution in [0.3, 0.4) is 0 Å². The molecule has 0 spiro atoms. The van der Waals surface area contributed by atoms with Crippen molar-refractivity contribution in [3.63, 3.8) is 0 Å². The van der Waals surface area contributed by atoms with E-state index in [1.54, 1.807) is 0 Å². The molecule has 2 rings (SSSR count). The van der Waals surface area contributed by atoms with E-state index < -0.39 is 11.9 Å². The Labute approximate surface area is 171 Å². The van der Waals surface area contributed by atoms with Crippen molar-refractivity contribution in [3.8, 4) is 0 Å². The van der Waals surface area contributed by atoms with Crippen LogP contribution in [0.25, 0.3) is 10.8 Å². The highest BCUT2D eigenvalue weighted by Gasteiger charge is 2.21. The van der Waals surface area contributed by atoms with E-state index in [2.05, 4.69) is 19.1 Å². The van der Waals surface area contributed by atoms with Crippen molar-refractivity contribution < 1.29 is 9.90 Å². The van der Waals surface area contributed by atoms with Gasteiger partial charge in [0.25, 0.3) is 0 Å². The van der Waals surface area contributed by atoms with Gasteiger partial charge in [0.05, 0.1) is 5.92 Å². The molecule has 1 unspecified atom stereocenters. The molecule has 2 heteroatoms. The van der Waals surface area contributed by atoms with Crippen molar-refractivity contribution in [1.82, 2.24) is 0 Å². The lowest BCUT2D eigenvalue weighted by atomic mass is 9.89. The predicted octanol–water partition coefficient (Wildman–Crippen LogP) is 8.10. The summed E-state index contributed by atoms with van der Waals surface area (Å²) in [5.74, 6) is -1.09. The molecule has 0 aliphatic carbocycles. The Balaban J connectivity index is 1.66. The van der Waals surface area contributed by atoms with Crippen LogP contribution >= 0.6 is 0 Å². The summed E-state index contributed by atoms with van der Waals surface area (Å²) >= 11 is 0. The molecule has 0 heterocycles. The van der Waals surface area contributed by atoms with E-state index >= 15 is 0 Å². The number of hydrogen-bond donors (Lipinski definition) is 1. The summed E-state index contributed by atoms with van der Waals surface area (Å²) < 4.78 is 0. The number of aliphatic carboxylic acids is 1. The van der Waals surface area contributed by atoms with E-state index in [4.69, 9.17) is 0 Å². The van der Waals surface area contributed by atoms with E-state index in [-0.39, 0.29) is 0 Å². The van der Waals surface area contributed by atoms with E-state index in [1.165, 1.54) is 64.2 Å². The predicted molar refractivity (Wildman–Crippen MR) is 120 cm³/mol. The molecule has 28 heavy (non-hydrogen) atoms. The van der Waals surface area contributed by atoms with Crippen LogP contribution in [0.1, 0.15) is 102 Å². The average Bonchev–Trinajstić information content (AvgIpc) is 2.71. The maximum absolute atomic E-state index is 11.9. The smallest absolute Gasteiger partial charge is 0.310 e. The second-order valence-electron chi connectivity index (χ2n) is 8.14. The van der Waals surface area contributed by atoms with Gasteiger partial charge in [0.2, 0.25) is 0 Å². The molecule has 0 bridgehead atoms. The number of carboxylic acids is 1. The van der Waals surface area contributed by atoms with Crippen LogP contribution in [0, 0.1) is 0 Å². The SMILES string of the molecule is CCCCCCCCCCCCCCC(C(=O)O)c1cccc2ccccc12. The maximum Gasteiger partial charge on any atom is 0.310 e. The van der Waals surface area contributed by atoms with Gasteiger partial charge in [-0.25, -0.2) is 0 Å². The lowest BCUT2D eigenvalue weighted by Gasteiger charge is -2.15. The van der Waals surface area contributed by atoms with Crippen molar-refractivity contribution in [2.75, 3.05) is 0 Å². The summed E-state index contributed by atoms with van der Waals surface area (Å²) in [4.78, 5) is 11.9. The minimum absolute atomic E-state index is 0.394. The van der Waals surface area contributed by atoms with Gasteiger partial charge in [-0.2, -0.15) is 0 Å². The van der Waals surface area contributed by atoms with Crippen molar-refractivity contribution in [1.29, 1.82) is 0 Å². The lowest BCUT2D eigenvalue weighted by Crippen LogP contribution is -2.12. The Morgan fingerprint density at radius 3 is 1.89 bits per heavy atom. The van der Waals surface area contributed by atoms with Gasteiger partial charge >= 0.3 is 5.97 Å². The first kappa shape index (κ1) is 22.5. The van der Waals surface area contributed by atoms with Crippen LogP contribution in [0.2, 0.25) is 0 Å². The minimum Gasteiger partial charge on any atom is -0.481 e. The molecule has 2 aromatic rings. The second kappa shape index (κ2) is 13.4. The zero-order valence-electron chi connectivity index (χ0n) is 17.7. The molecule has 0 saturated heterocycles. The van der Waals surface area contributed by atoms with Gasteiger partial charge in [-0.3, -0.25) is 4.79 Å². The molecule has 1 N–H and O–H groups in total. The van der Waals surface area contributed by atoms with Crippen molar-refractivity contribution in [3.05, 3.63) is 48.0 Å². The summed E-state index contributed by atoms with van der Waals surface area (Å²) in [5.41, 5.74) is 0.966. The highest BCUT2D eigenvalue weighted by atomic mass is 16.4. The van der Waals surface area contributed by atoms with Gasteiger partial charge in [-0.05, 0) is 22.8 Å². The molecule has 0 aromatic heterocycles. The third kappa shape index (κ3) is 7.66. The normalized spacial score (nSPS) is 12.3. The standard InChI is InChI=1S/C26H38O2/c1-2-3-4-5-6-7-8-9-10-11-12-13-20-25(26(27)28)24-21-16-18-22-17-14-15-19-23(22)24/h14-19,21,25H,2-13,20H2,1H3,(H,27,28). The lowest BCUT2D eigenvalue weighted by molar-refractivity contribution is -0.139. The fraction of sp³-hybridized carbons (Fsp3) is 0.577. The summed E-state index contributed by atoms with van der Waals surface area (Å²) in [7, 11) is 0. The first-order valence-electron chi connectivity index (χ1n) is 11.4. The third-order valence-electron chi connectivity index (χ3n) is 5.84.